The second-order valence-electron chi connectivity index (χ2n) is 7.47. The van der Waals surface area contributed by atoms with Crippen LogP contribution in [-0.4, -0.2) is 31.3 Å². The second-order valence-corrected chi connectivity index (χ2v) is 7.47. The maximum Gasteiger partial charge on any atom is 0.343 e. The van der Waals surface area contributed by atoms with Crippen LogP contribution in [0.2, 0.25) is 0 Å². The van der Waals surface area contributed by atoms with Crippen LogP contribution in [0.25, 0.3) is 0 Å². The van der Waals surface area contributed by atoms with E-state index in [-0.39, 0.29) is 5.91 Å². The van der Waals surface area contributed by atoms with Crippen molar-refractivity contribution >= 4 is 18.1 Å². The SMILES string of the molecule is CCCOc1ccc(C(=O)Oc2ccc(/C=N/NC(=O)c3cccc(C)c3)cc2OCC)cc1. The Hall–Kier alpha value is -4.13. The Morgan fingerprint density at radius 3 is 2.41 bits per heavy atom. The second kappa shape index (κ2) is 12.2. The summed E-state index contributed by atoms with van der Waals surface area (Å²) in [6.07, 6.45) is 2.40. The summed E-state index contributed by atoms with van der Waals surface area (Å²) in [5.74, 6) is 0.579. The first-order valence-corrected chi connectivity index (χ1v) is 11.1. The number of hydrogen-bond donors (Lipinski definition) is 1. The van der Waals surface area contributed by atoms with Gasteiger partial charge in [0.25, 0.3) is 5.91 Å². The first-order valence-electron chi connectivity index (χ1n) is 11.1. The van der Waals surface area contributed by atoms with Gasteiger partial charge in [-0.1, -0.05) is 24.6 Å². The number of hydrogen-bond acceptors (Lipinski definition) is 6. The molecule has 3 aromatic carbocycles. The lowest BCUT2D eigenvalue weighted by Gasteiger charge is -2.12. The number of nitrogens with zero attached hydrogens (tertiary/aromatic N) is 1. The maximum atomic E-state index is 12.6. The minimum Gasteiger partial charge on any atom is -0.494 e. The van der Waals surface area contributed by atoms with Crippen LogP contribution < -0.4 is 19.6 Å². The van der Waals surface area contributed by atoms with Crippen LogP contribution in [0.4, 0.5) is 0 Å². The molecular formula is C27H28N2O5. The molecule has 0 saturated carbocycles. The molecule has 176 valence electrons. The third-order valence-electron chi connectivity index (χ3n) is 4.69. The van der Waals surface area contributed by atoms with Crippen LogP contribution in [0.5, 0.6) is 17.2 Å². The van der Waals surface area contributed by atoms with Crippen molar-refractivity contribution in [1.82, 2.24) is 5.43 Å². The minimum atomic E-state index is -0.505. The van der Waals surface area contributed by atoms with Crippen molar-refractivity contribution in [2.45, 2.75) is 27.2 Å². The van der Waals surface area contributed by atoms with Gasteiger partial charge < -0.3 is 14.2 Å². The Labute approximate surface area is 199 Å². The summed E-state index contributed by atoms with van der Waals surface area (Å²) in [6.45, 7) is 6.79. The molecule has 0 aliphatic carbocycles. The summed E-state index contributed by atoms with van der Waals surface area (Å²) in [5, 5.41) is 4.02. The Morgan fingerprint density at radius 1 is 0.912 bits per heavy atom. The van der Waals surface area contributed by atoms with Gasteiger partial charge in [-0.05, 0) is 80.4 Å². The quantitative estimate of drug-likeness (QED) is 0.195. The fourth-order valence-electron chi connectivity index (χ4n) is 3.04. The monoisotopic (exact) mass is 460 g/mol. The smallest absolute Gasteiger partial charge is 0.343 e. The Morgan fingerprint density at radius 2 is 1.71 bits per heavy atom. The van der Waals surface area contributed by atoms with Crippen LogP contribution in [0, 0.1) is 6.92 Å². The molecule has 0 aromatic heterocycles. The van der Waals surface area contributed by atoms with Gasteiger partial charge >= 0.3 is 5.97 Å². The van der Waals surface area contributed by atoms with Crippen LogP contribution >= 0.6 is 0 Å². The topological polar surface area (TPSA) is 86.2 Å². The zero-order valence-corrected chi connectivity index (χ0v) is 19.5. The number of benzene rings is 3. The zero-order chi connectivity index (χ0) is 24.3. The van der Waals surface area contributed by atoms with E-state index in [9.17, 15) is 9.59 Å². The number of nitrogens with one attached hydrogen (secondary N) is 1. The summed E-state index contributed by atoms with van der Waals surface area (Å²) >= 11 is 0. The van der Waals surface area contributed by atoms with Gasteiger partial charge in [0.05, 0.1) is 25.0 Å². The van der Waals surface area contributed by atoms with Crippen LogP contribution in [0.3, 0.4) is 0 Å². The molecular weight excluding hydrogens is 432 g/mol. The summed E-state index contributed by atoms with van der Waals surface area (Å²) in [5.41, 5.74) is 5.09. The molecule has 0 heterocycles. The third-order valence-corrected chi connectivity index (χ3v) is 4.69. The van der Waals surface area contributed by atoms with Gasteiger partial charge in [0, 0.05) is 5.56 Å². The van der Waals surface area contributed by atoms with Gasteiger partial charge in [-0.2, -0.15) is 5.10 Å². The molecule has 1 N–H and O–H groups in total. The number of rotatable bonds is 10. The zero-order valence-electron chi connectivity index (χ0n) is 19.5. The molecule has 0 radical (unpaired) electrons. The summed E-state index contributed by atoms with van der Waals surface area (Å²) < 4.78 is 16.7. The number of carbonyl (C=O) groups excluding carboxylic acids is 2. The highest BCUT2D eigenvalue weighted by molar-refractivity contribution is 5.95. The van der Waals surface area contributed by atoms with Crippen LogP contribution in [-0.2, 0) is 0 Å². The van der Waals surface area contributed by atoms with Crippen LogP contribution in [0.1, 0.15) is 52.1 Å². The van der Waals surface area contributed by atoms with Crippen molar-refractivity contribution in [2.24, 2.45) is 5.10 Å². The minimum absolute atomic E-state index is 0.291. The molecule has 0 saturated heterocycles. The Kier molecular flexibility index (Phi) is 8.80. The van der Waals surface area contributed by atoms with E-state index in [4.69, 9.17) is 14.2 Å². The Balaban J connectivity index is 1.66. The summed E-state index contributed by atoms with van der Waals surface area (Å²) in [7, 11) is 0. The largest absolute Gasteiger partial charge is 0.494 e. The standard InChI is InChI=1S/C27H28N2O5/c1-4-15-33-23-12-10-21(11-13-23)27(31)34-24-14-9-20(17-25(24)32-5-2)18-28-29-26(30)22-8-6-7-19(3)16-22/h6-14,16-18H,4-5,15H2,1-3H3,(H,29,30)/b28-18+. The van der Waals surface area contributed by atoms with E-state index in [1.54, 1.807) is 54.6 Å². The highest BCUT2D eigenvalue weighted by atomic mass is 16.6. The van der Waals surface area contributed by atoms with E-state index < -0.39 is 5.97 Å². The number of carbonyl (C=O) groups is 2. The molecule has 7 nitrogen and oxygen atoms in total. The molecule has 3 aromatic rings. The molecule has 0 bridgehead atoms. The normalized spacial score (nSPS) is 10.7. The average Bonchev–Trinajstić information content (AvgIpc) is 2.84. The first kappa shape index (κ1) is 24.5. The van der Waals surface area contributed by atoms with Gasteiger partial charge in [-0.3, -0.25) is 4.79 Å². The Bertz CT molecular complexity index is 1160. The molecule has 0 spiro atoms. The molecule has 0 atom stereocenters. The fourth-order valence-corrected chi connectivity index (χ4v) is 3.04. The van der Waals surface area contributed by atoms with E-state index in [2.05, 4.69) is 10.5 Å². The van der Waals surface area contributed by atoms with E-state index >= 15 is 0 Å². The van der Waals surface area contributed by atoms with E-state index in [1.807, 2.05) is 32.9 Å². The van der Waals surface area contributed by atoms with E-state index in [0.29, 0.717) is 47.2 Å². The van der Waals surface area contributed by atoms with Crippen molar-refractivity contribution in [1.29, 1.82) is 0 Å². The van der Waals surface area contributed by atoms with E-state index in [1.165, 1.54) is 6.21 Å². The van der Waals surface area contributed by atoms with Gasteiger partial charge in [-0.25, -0.2) is 10.2 Å². The van der Waals surface area contributed by atoms with Gasteiger partial charge in [0.2, 0.25) is 0 Å². The van der Waals surface area contributed by atoms with Gasteiger partial charge in [0.15, 0.2) is 11.5 Å². The van der Waals surface area contributed by atoms with Gasteiger partial charge in [0.1, 0.15) is 5.75 Å². The molecule has 3 rings (SSSR count). The predicted molar refractivity (Wildman–Crippen MR) is 131 cm³/mol. The number of hydrazone groups is 1. The number of ether oxygens (including phenoxy) is 3. The molecule has 0 fully saturated rings. The number of amides is 1. The van der Waals surface area contributed by atoms with Crippen molar-refractivity contribution in [3.63, 3.8) is 0 Å². The third kappa shape index (κ3) is 6.93. The van der Waals surface area contributed by atoms with Crippen LogP contribution in [0.15, 0.2) is 71.8 Å². The molecule has 34 heavy (non-hydrogen) atoms. The first-order chi connectivity index (χ1) is 16.5. The maximum absolute atomic E-state index is 12.6. The summed E-state index contributed by atoms with van der Waals surface area (Å²) in [4.78, 5) is 24.8. The van der Waals surface area contributed by atoms with Crippen molar-refractivity contribution < 1.29 is 23.8 Å². The highest BCUT2D eigenvalue weighted by Crippen LogP contribution is 2.29. The van der Waals surface area contributed by atoms with Gasteiger partial charge in [-0.15, -0.1) is 0 Å². The molecule has 0 aliphatic heterocycles. The lowest BCUT2D eigenvalue weighted by atomic mass is 10.1. The highest BCUT2D eigenvalue weighted by Gasteiger charge is 2.13. The van der Waals surface area contributed by atoms with Crippen molar-refractivity contribution in [2.75, 3.05) is 13.2 Å². The predicted octanol–water partition coefficient (Wildman–Crippen LogP) is 5.17. The van der Waals surface area contributed by atoms with Crippen molar-refractivity contribution in [3.05, 3.63) is 89.0 Å². The van der Waals surface area contributed by atoms with E-state index in [0.717, 1.165) is 12.0 Å². The number of aryl methyl sites for hydroxylation is 1. The lowest BCUT2D eigenvalue weighted by molar-refractivity contribution is 0.0728. The molecule has 0 aliphatic rings. The molecule has 7 heteroatoms. The van der Waals surface area contributed by atoms with Crippen molar-refractivity contribution in [3.8, 4) is 17.2 Å². The molecule has 0 unspecified atom stereocenters. The lowest BCUT2D eigenvalue weighted by Crippen LogP contribution is -2.17. The average molecular weight is 461 g/mol. The fraction of sp³-hybridized carbons (Fsp3) is 0.222. The number of esters is 1. The summed E-state index contributed by atoms with van der Waals surface area (Å²) in [6, 6.07) is 19.1. The molecule has 1 amide bonds.